The van der Waals surface area contributed by atoms with Gasteiger partial charge < -0.3 is 14.2 Å². The lowest BCUT2D eigenvalue weighted by molar-refractivity contribution is -0.190. The minimum Gasteiger partial charge on any atom is -0.462 e. The lowest BCUT2D eigenvalue weighted by atomic mass is 9.46. The van der Waals surface area contributed by atoms with E-state index in [-0.39, 0.29) is 35.8 Å². The van der Waals surface area contributed by atoms with Crippen LogP contribution in [0.15, 0.2) is 11.6 Å². The summed E-state index contributed by atoms with van der Waals surface area (Å²) < 4.78 is 16.5. The monoisotopic (exact) mass is 474 g/mol. The fourth-order valence-corrected chi connectivity index (χ4v) is 8.17. The molecule has 0 bridgehead atoms. The molecule has 0 aliphatic heterocycles. The number of esters is 3. The first-order valence-electron chi connectivity index (χ1n) is 12.7. The first-order valence-corrected chi connectivity index (χ1v) is 12.7. The minimum atomic E-state index is -1.25. The molecule has 0 radical (unpaired) electrons. The van der Waals surface area contributed by atoms with Crippen LogP contribution in [-0.4, -0.2) is 42.0 Å². The molecule has 4 aliphatic rings. The average Bonchev–Trinajstić information content (AvgIpc) is 3.04. The Morgan fingerprint density at radius 2 is 1.62 bits per heavy atom. The molecule has 7 nitrogen and oxygen atoms in total. The SMILES string of the molecule is CC(=O)OCC(=O)C1(OC(C)=O)CCC2C3CC=C4CC(OC(C)=O)CCC4(C)C3CCC21C. The van der Waals surface area contributed by atoms with Crippen molar-refractivity contribution in [3.63, 3.8) is 0 Å². The standard InChI is InChI=1S/C27H38O7/c1-16(28)32-15-24(31)27(34-18(3)30)13-10-23-21-7-6-19-14-20(33-17(2)29)8-11-25(19,4)22(21)9-12-26(23,27)5/h6,20-23H,7-15H2,1-5H3. The van der Waals surface area contributed by atoms with Gasteiger partial charge in [0.1, 0.15) is 6.10 Å². The predicted octanol–water partition coefficient (Wildman–Crippen LogP) is 4.32. The summed E-state index contributed by atoms with van der Waals surface area (Å²) in [5.74, 6) is -0.382. The normalized spacial score (nSPS) is 40.7. The molecule has 0 aromatic rings. The van der Waals surface area contributed by atoms with E-state index >= 15 is 0 Å². The van der Waals surface area contributed by atoms with Gasteiger partial charge in [0.2, 0.25) is 5.78 Å². The summed E-state index contributed by atoms with van der Waals surface area (Å²) in [6, 6.07) is 0. The van der Waals surface area contributed by atoms with E-state index in [9.17, 15) is 19.2 Å². The van der Waals surface area contributed by atoms with Crippen LogP contribution >= 0.6 is 0 Å². The molecule has 3 saturated carbocycles. The fraction of sp³-hybridized carbons (Fsp3) is 0.778. The molecule has 4 rings (SSSR count). The number of ether oxygens (including phenoxy) is 3. The second-order valence-corrected chi connectivity index (χ2v) is 11.4. The van der Waals surface area contributed by atoms with Gasteiger partial charge in [-0.3, -0.25) is 19.2 Å². The maximum Gasteiger partial charge on any atom is 0.303 e. The first-order chi connectivity index (χ1) is 15.9. The van der Waals surface area contributed by atoms with E-state index in [0.29, 0.717) is 18.3 Å². The Bertz CT molecular complexity index is 922. The summed E-state index contributed by atoms with van der Waals surface area (Å²) in [7, 11) is 0. The van der Waals surface area contributed by atoms with E-state index in [1.165, 1.54) is 26.3 Å². The van der Waals surface area contributed by atoms with Gasteiger partial charge in [0.15, 0.2) is 12.2 Å². The van der Waals surface area contributed by atoms with E-state index in [4.69, 9.17) is 14.2 Å². The molecule has 0 amide bonds. The molecule has 34 heavy (non-hydrogen) atoms. The van der Waals surface area contributed by atoms with Crippen molar-refractivity contribution in [2.45, 2.75) is 97.7 Å². The van der Waals surface area contributed by atoms with Crippen molar-refractivity contribution < 1.29 is 33.4 Å². The largest absolute Gasteiger partial charge is 0.462 e. The van der Waals surface area contributed by atoms with Gasteiger partial charge in [-0.25, -0.2) is 0 Å². The van der Waals surface area contributed by atoms with Crippen LogP contribution < -0.4 is 0 Å². The molecule has 0 heterocycles. The molecular weight excluding hydrogens is 436 g/mol. The zero-order chi connectivity index (χ0) is 24.9. The lowest BCUT2D eigenvalue weighted by Crippen LogP contribution is -2.59. The molecule has 7 heteroatoms. The van der Waals surface area contributed by atoms with Gasteiger partial charge in [-0.05, 0) is 68.1 Å². The number of Topliss-reactive ketones (excluding diaryl/α,β-unsaturated/α-hetero) is 1. The van der Waals surface area contributed by atoms with E-state index in [0.717, 1.165) is 44.9 Å². The van der Waals surface area contributed by atoms with Crippen LogP contribution in [-0.2, 0) is 33.4 Å². The number of hydrogen-bond acceptors (Lipinski definition) is 7. The molecule has 4 aliphatic carbocycles. The van der Waals surface area contributed by atoms with Gasteiger partial charge in [-0.15, -0.1) is 0 Å². The molecule has 0 aromatic carbocycles. The second-order valence-electron chi connectivity index (χ2n) is 11.4. The lowest BCUT2D eigenvalue weighted by Gasteiger charge is -2.59. The second kappa shape index (κ2) is 8.80. The Hall–Kier alpha value is -2.18. The van der Waals surface area contributed by atoms with Crippen LogP contribution in [0.25, 0.3) is 0 Å². The highest BCUT2D eigenvalue weighted by atomic mass is 16.6. The van der Waals surface area contributed by atoms with Crippen LogP contribution in [0.5, 0.6) is 0 Å². The first kappa shape index (κ1) is 24.9. The van der Waals surface area contributed by atoms with Crippen LogP contribution in [0.1, 0.15) is 86.0 Å². The van der Waals surface area contributed by atoms with E-state index < -0.39 is 23.0 Å². The number of rotatable bonds is 5. The van der Waals surface area contributed by atoms with Crippen molar-refractivity contribution >= 4 is 23.7 Å². The number of allylic oxidation sites excluding steroid dienone is 1. The highest BCUT2D eigenvalue weighted by molar-refractivity contribution is 5.93. The van der Waals surface area contributed by atoms with Crippen molar-refractivity contribution in [1.29, 1.82) is 0 Å². The van der Waals surface area contributed by atoms with Crippen molar-refractivity contribution in [3.8, 4) is 0 Å². The van der Waals surface area contributed by atoms with Gasteiger partial charge in [-0.2, -0.15) is 0 Å². The molecule has 0 spiro atoms. The molecule has 7 atom stereocenters. The van der Waals surface area contributed by atoms with Crippen LogP contribution in [0.3, 0.4) is 0 Å². The molecule has 0 aromatic heterocycles. The average molecular weight is 475 g/mol. The minimum absolute atomic E-state index is 0.0378. The number of carbonyl (C=O) groups is 4. The molecule has 0 N–H and O–H groups in total. The number of ketones is 1. The summed E-state index contributed by atoms with van der Waals surface area (Å²) in [5, 5.41) is 0. The Morgan fingerprint density at radius 1 is 0.912 bits per heavy atom. The highest BCUT2D eigenvalue weighted by Crippen LogP contribution is 2.68. The third-order valence-corrected chi connectivity index (χ3v) is 9.69. The quantitative estimate of drug-likeness (QED) is 0.333. The van der Waals surface area contributed by atoms with Crippen molar-refractivity contribution in [2.24, 2.45) is 28.6 Å². The molecular formula is C27H38O7. The zero-order valence-corrected chi connectivity index (χ0v) is 21.1. The summed E-state index contributed by atoms with van der Waals surface area (Å²) in [6.07, 6.45) is 8.93. The van der Waals surface area contributed by atoms with E-state index in [2.05, 4.69) is 19.9 Å². The van der Waals surface area contributed by atoms with E-state index in [1.54, 1.807) is 0 Å². The van der Waals surface area contributed by atoms with Gasteiger partial charge in [0, 0.05) is 32.6 Å². The number of fused-ring (bicyclic) bond motifs is 5. The Balaban J connectivity index is 1.62. The number of carbonyl (C=O) groups excluding carboxylic acids is 4. The topological polar surface area (TPSA) is 96.0 Å². The van der Waals surface area contributed by atoms with Gasteiger partial charge >= 0.3 is 17.9 Å². The van der Waals surface area contributed by atoms with Crippen LogP contribution in [0.4, 0.5) is 0 Å². The highest BCUT2D eigenvalue weighted by Gasteiger charge is 2.68. The van der Waals surface area contributed by atoms with Crippen molar-refractivity contribution in [3.05, 3.63) is 11.6 Å². The van der Waals surface area contributed by atoms with Crippen molar-refractivity contribution in [2.75, 3.05) is 6.61 Å². The van der Waals surface area contributed by atoms with Gasteiger partial charge in [-0.1, -0.05) is 25.5 Å². The van der Waals surface area contributed by atoms with E-state index in [1.807, 2.05) is 0 Å². The summed E-state index contributed by atoms with van der Waals surface area (Å²) in [5.41, 5.74) is -0.268. The third kappa shape index (κ3) is 3.89. The Labute approximate surface area is 202 Å². The Kier molecular flexibility index (Phi) is 6.45. The summed E-state index contributed by atoms with van der Waals surface area (Å²) in [4.78, 5) is 48.5. The molecule has 188 valence electrons. The molecule has 3 fully saturated rings. The van der Waals surface area contributed by atoms with Crippen LogP contribution in [0.2, 0.25) is 0 Å². The van der Waals surface area contributed by atoms with Gasteiger partial charge in [0.05, 0.1) is 0 Å². The van der Waals surface area contributed by atoms with Crippen molar-refractivity contribution in [1.82, 2.24) is 0 Å². The van der Waals surface area contributed by atoms with Crippen LogP contribution in [0, 0.1) is 28.6 Å². The van der Waals surface area contributed by atoms with Gasteiger partial charge in [0.25, 0.3) is 0 Å². The maximum absolute atomic E-state index is 13.4. The molecule has 7 unspecified atom stereocenters. The Morgan fingerprint density at radius 3 is 2.26 bits per heavy atom. The fourth-order valence-electron chi connectivity index (χ4n) is 8.17. The number of hydrogen-bond donors (Lipinski definition) is 0. The zero-order valence-electron chi connectivity index (χ0n) is 21.1. The predicted molar refractivity (Wildman–Crippen MR) is 123 cm³/mol. The summed E-state index contributed by atoms with van der Waals surface area (Å²) in [6.45, 7) is 8.20. The smallest absolute Gasteiger partial charge is 0.303 e. The third-order valence-electron chi connectivity index (χ3n) is 9.69. The maximum atomic E-state index is 13.4. The molecule has 0 saturated heterocycles. The summed E-state index contributed by atoms with van der Waals surface area (Å²) >= 11 is 0.